The Labute approximate surface area is 85.5 Å². The summed E-state index contributed by atoms with van der Waals surface area (Å²) in [5, 5.41) is 18.8. The summed E-state index contributed by atoms with van der Waals surface area (Å²) in [7, 11) is 0. The van der Waals surface area contributed by atoms with Crippen molar-refractivity contribution >= 4 is 0 Å². The van der Waals surface area contributed by atoms with E-state index in [2.05, 4.69) is 4.90 Å². The van der Waals surface area contributed by atoms with Crippen LogP contribution in [0.15, 0.2) is 0 Å². The van der Waals surface area contributed by atoms with Crippen LogP contribution in [0.4, 0.5) is 0 Å². The Kier molecular flexibility index (Phi) is 4.31. The van der Waals surface area contributed by atoms with E-state index in [1.54, 1.807) is 0 Å². The Morgan fingerprint density at radius 2 is 2.29 bits per heavy atom. The number of nitrogens with zero attached hydrogens (tertiary/aromatic N) is 1. The molecule has 1 saturated heterocycles. The fourth-order valence-electron chi connectivity index (χ4n) is 1.63. The lowest BCUT2D eigenvalue weighted by Gasteiger charge is -2.36. The SMILES string of the molecule is CCC(C)(O)CN1CCOC(CO)C1. The van der Waals surface area contributed by atoms with E-state index in [1.807, 2.05) is 13.8 Å². The lowest BCUT2D eigenvalue weighted by Crippen LogP contribution is -2.49. The molecule has 14 heavy (non-hydrogen) atoms. The van der Waals surface area contributed by atoms with Gasteiger partial charge in [0.15, 0.2) is 0 Å². The van der Waals surface area contributed by atoms with Crippen LogP contribution >= 0.6 is 0 Å². The minimum absolute atomic E-state index is 0.0603. The Balaban J connectivity index is 2.37. The van der Waals surface area contributed by atoms with E-state index in [1.165, 1.54) is 0 Å². The van der Waals surface area contributed by atoms with E-state index in [-0.39, 0.29) is 12.7 Å². The van der Waals surface area contributed by atoms with Gasteiger partial charge in [-0.2, -0.15) is 0 Å². The molecule has 0 spiro atoms. The van der Waals surface area contributed by atoms with Crippen molar-refractivity contribution in [2.24, 2.45) is 0 Å². The molecule has 0 aromatic heterocycles. The Morgan fingerprint density at radius 1 is 1.57 bits per heavy atom. The first-order valence-electron chi connectivity index (χ1n) is 5.24. The summed E-state index contributed by atoms with van der Waals surface area (Å²) < 4.78 is 5.33. The number of hydrogen-bond acceptors (Lipinski definition) is 4. The summed E-state index contributed by atoms with van der Waals surface area (Å²) >= 11 is 0. The topological polar surface area (TPSA) is 52.9 Å². The van der Waals surface area contributed by atoms with Crippen LogP contribution in [0.3, 0.4) is 0 Å². The lowest BCUT2D eigenvalue weighted by atomic mass is 10.0. The summed E-state index contributed by atoms with van der Waals surface area (Å²) in [5.41, 5.74) is -0.628. The summed E-state index contributed by atoms with van der Waals surface area (Å²) in [4.78, 5) is 2.15. The van der Waals surface area contributed by atoms with Gasteiger partial charge in [-0.15, -0.1) is 0 Å². The molecule has 1 rings (SSSR count). The quantitative estimate of drug-likeness (QED) is 0.666. The molecule has 0 aliphatic carbocycles. The highest BCUT2D eigenvalue weighted by Gasteiger charge is 2.26. The first kappa shape index (κ1) is 11.9. The summed E-state index contributed by atoms with van der Waals surface area (Å²) in [6.07, 6.45) is 0.658. The van der Waals surface area contributed by atoms with Crippen molar-refractivity contribution in [1.82, 2.24) is 4.90 Å². The number of morpholine rings is 1. The second kappa shape index (κ2) is 5.07. The van der Waals surface area contributed by atoms with Crippen LogP contribution in [0, 0.1) is 0 Å². The molecule has 2 atom stereocenters. The number of hydrogen-bond donors (Lipinski definition) is 2. The molecule has 0 aromatic rings. The minimum atomic E-state index is -0.628. The summed E-state index contributed by atoms with van der Waals surface area (Å²) in [5.74, 6) is 0. The van der Waals surface area contributed by atoms with Crippen molar-refractivity contribution in [3.63, 3.8) is 0 Å². The molecular formula is C10H21NO3. The van der Waals surface area contributed by atoms with Crippen molar-refractivity contribution in [3.05, 3.63) is 0 Å². The number of aliphatic hydroxyl groups excluding tert-OH is 1. The van der Waals surface area contributed by atoms with Crippen LogP contribution in [0.2, 0.25) is 0 Å². The van der Waals surface area contributed by atoms with E-state index in [0.717, 1.165) is 13.0 Å². The normalized spacial score (nSPS) is 28.7. The van der Waals surface area contributed by atoms with E-state index in [0.29, 0.717) is 19.7 Å². The van der Waals surface area contributed by atoms with E-state index in [4.69, 9.17) is 9.84 Å². The molecule has 0 saturated carbocycles. The highest BCUT2D eigenvalue weighted by Crippen LogP contribution is 2.13. The van der Waals surface area contributed by atoms with Crippen LogP contribution in [-0.4, -0.2) is 59.7 Å². The highest BCUT2D eigenvalue weighted by molar-refractivity contribution is 4.79. The first-order chi connectivity index (χ1) is 6.57. The number of β-amino-alcohol motifs (C(OH)–C–C–N with tert-alkyl or cyclic N) is 1. The van der Waals surface area contributed by atoms with E-state index < -0.39 is 5.60 Å². The predicted octanol–water partition coefficient (Wildman–Crippen LogP) is -0.160. The third-order valence-electron chi connectivity index (χ3n) is 2.75. The minimum Gasteiger partial charge on any atom is -0.394 e. The molecule has 4 nitrogen and oxygen atoms in total. The van der Waals surface area contributed by atoms with Gasteiger partial charge in [0.05, 0.1) is 24.9 Å². The zero-order chi connectivity index (χ0) is 10.6. The Hall–Kier alpha value is -0.160. The van der Waals surface area contributed by atoms with Crippen molar-refractivity contribution in [3.8, 4) is 0 Å². The molecule has 0 radical (unpaired) electrons. The van der Waals surface area contributed by atoms with Crippen molar-refractivity contribution < 1.29 is 14.9 Å². The van der Waals surface area contributed by atoms with Gasteiger partial charge in [0, 0.05) is 19.6 Å². The summed E-state index contributed by atoms with van der Waals surface area (Å²) in [6.45, 7) is 6.73. The molecule has 1 aliphatic heterocycles. The predicted molar refractivity (Wildman–Crippen MR) is 54.2 cm³/mol. The van der Waals surface area contributed by atoms with E-state index in [9.17, 15) is 5.11 Å². The molecule has 2 unspecified atom stereocenters. The summed E-state index contributed by atoms with van der Waals surface area (Å²) in [6, 6.07) is 0. The molecule has 84 valence electrons. The first-order valence-corrected chi connectivity index (χ1v) is 5.24. The van der Waals surface area contributed by atoms with Gasteiger partial charge in [0.2, 0.25) is 0 Å². The maximum absolute atomic E-state index is 9.89. The third-order valence-corrected chi connectivity index (χ3v) is 2.75. The van der Waals surface area contributed by atoms with Gasteiger partial charge in [-0.3, -0.25) is 4.90 Å². The van der Waals surface area contributed by atoms with Crippen molar-refractivity contribution in [2.75, 3.05) is 32.8 Å². The molecule has 0 aromatic carbocycles. The van der Waals surface area contributed by atoms with Gasteiger partial charge in [-0.1, -0.05) is 6.92 Å². The Morgan fingerprint density at radius 3 is 2.86 bits per heavy atom. The van der Waals surface area contributed by atoms with Crippen LogP contribution in [0.25, 0.3) is 0 Å². The van der Waals surface area contributed by atoms with Gasteiger partial charge in [-0.25, -0.2) is 0 Å². The monoisotopic (exact) mass is 203 g/mol. The zero-order valence-electron chi connectivity index (χ0n) is 9.07. The molecule has 4 heteroatoms. The molecular weight excluding hydrogens is 182 g/mol. The smallest absolute Gasteiger partial charge is 0.0932 e. The van der Waals surface area contributed by atoms with Gasteiger partial charge in [0.1, 0.15) is 0 Å². The maximum Gasteiger partial charge on any atom is 0.0932 e. The fraction of sp³-hybridized carbons (Fsp3) is 1.00. The third kappa shape index (κ3) is 3.53. The van der Waals surface area contributed by atoms with Crippen molar-refractivity contribution in [2.45, 2.75) is 32.0 Å². The molecule has 2 N–H and O–H groups in total. The molecule has 1 fully saturated rings. The number of aliphatic hydroxyl groups is 2. The standard InChI is InChI=1S/C10H21NO3/c1-3-10(2,13)8-11-4-5-14-9(6-11)7-12/h9,12-13H,3-8H2,1-2H3. The largest absolute Gasteiger partial charge is 0.394 e. The average molecular weight is 203 g/mol. The number of ether oxygens (including phenoxy) is 1. The highest BCUT2D eigenvalue weighted by atomic mass is 16.5. The molecule has 1 heterocycles. The lowest BCUT2D eigenvalue weighted by molar-refractivity contribution is -0.0758. The molecule has 0 amide bonds. The van der Waals surface area contributed by atoms with Gasteiger partial charge < -0.3 is 14.9 Å². The fourth-order valence-corrected chi connectivity index (χ4v) is 1.63. The van der Waals surface area contributed by atoms with Crippen LogP contribution in [-0.2, 0) is 4.74 Å². The van der Waals surface area contributed by atoms with Crippen LogP contribution in [0.1, 0.15) is 20.3 Å². The van der Waals surface area contributed by atoms with Gasteiger partial charge >= 0.3 is 0 Å². The van der Waals surface area contributed by atoms with Gasteiger partial charge in [-0.05, 0) is 13.3 Å². The van der Waals surface area contributed by atoms with Gasteiger partial charge in [0.25, 0.3) is 0 Å². The Bertz CT molecular complexity index is 173. The van der Waals surface area contributed by atoms with Crippen LogP contribution in [0.5, 0.6) is 0 Å². The second-order valence-corrected chi connectivity index (χ2v) is 4.26. The van der Waals surface area contributed by atoms with Crippen LogP contribution < -0.4 is 0 Å². The second-order valence-electron chi connectivity index (χ2n) is 4.26. The van der Waals surface area contributed by atoms with E-state index >= 15 is 0 Å². The average Bonchev–Trinajstić information content (AvgIpc) is 2.17. The number of rotatable bonds is 4. The zero-order valence-corrected chi connectivity index (χ0v) is 9.07. The van der Waals surface area contributed by atoms with Crippen molar-refractivity contribution in [1.29, 1.82) is 0 Å². The maximum atomic E-state index is 9.89. The molecule has 1 aliphatic rings. The molecule has 0 bridgehead atoms.